The van der Waals surface area contributed by atoms with E-state index in [1.54, 1.807) is 24.3 Å². The van der Waals surface area contributed by atoms with Crippen LogP contribution in [0.5, 0.6) is 5.75 Å². The molecule has 9 heteroatoms. The van der Waals surface area contributed by atoms with Crippen molar-refractivity contribution in [2.45, 2.75) is 12.2 Å². The highest BCUT2D eigenvalue weighted by Gasteiger charge is 2.51. The maximum atomic E-state index is 13.3. The third-order valence-corrected chi connectivity index (χ3v) is 4.81. The number of likely N-dealkylation sites (N-methyl/N-ethyl adjacent to an activating group) is 1. The Morgan fingerprint density at radius 2 is 2.07 bits per heavy atom. The van der Waals surface area contributed by atoms with Crippen LogP contribution in [0.2, 0.25) is 0 Å². The number of carbonyl (C=O) groups excluding carboxylic acids is 1. The lowest BCUT2D eigenvalue weighted by Gasteiger charge is -2.26. The molecule has 1 atom stereocenters. The molecule has 0 saturated carbocycles. The Morgan fingerprint density at radius 3 is 2.72 bits per heavy atom. The van der Waals surface area contributed by atoms with Crippen molar-refractivity contribution in [1.29, 1.82) is 0 Å². The van der Waals surface area contributed by atoms with Gasteiger partial charge in [0.05, 0.1) is 23.3 Å². The van der Waals surface area contributed by atoms with E-state index in [1.165, 1.54) is 42.7 Å². The summed E-state index contributed by atoms with van der Waals surface area (Å²) >= 11 is 0. The van der Waals surface area contributed by atoms with Gasteiger partial charge in [0.2, 0.25) is 5.54 Å². The average Bonchev–Trinajstić information content (AvgIpc) is 2.99. The van der Waals surface area contributed by atoms with Crippen LogP contribution in [0.4, 0.5) is 4.39 Å². The number of hydrogen-bond donors (Lipinski definition) is 2. The van der Waals surface area contributed by atoms with Crippen molar-refractivity contribution in [2.24, 2.45) is 10.7 Å². The second-order valence-corrected chi connectivity index (χ2v) is 6.51. The van der Waals surface area contributed by atoms with Crippen molar-refractivity contribution in [3.63, 3.8) is 0 Å². The van der Waals surface area contributed by atoms with E-state index in [-0.39, 0.29) is 23.1 Å². The summed E-state index contributed by atoms with van der Waals surface area (Å²) in [7, 11) is 1.51. The van der Waals surface area contributed by atoms with Gasteiger partial charge in [0.25, 0.3) is 5.91 Å². The fourth-order valence-corrected chi connectivity index (χ4v) is 3.30. The number of guanidine groups is 1. The summed E-state index contributed by atoms with van der Waals surface area (Å²) < 4.78 is 13.2. The molecule has 2 aromatic heterocycles. The molecule has 3 N–H and O–H groups in total. The summed E-state index contributed by atoms with van der Waals surface area (Å²) in [4.78, 5) is 31.4. The minimum atomic E-state index is -1.60. The van der Waals surface area contributed by atoms with E-state index in [0.717, 1.165) is 0 Å². The van der Waals surface area contributed by atoms with Crippen LogP contribution in [0.25, 0.3) is 11.3 Å². The Kier molecular flexibility index (Phi) is 4.42. The number of nitrogens with zero attached hydrogens (tertiary/aromatic N) is 5. The molecule has 3 heterocycles. The summed E-state index contributed by atoms with van der Waals surface area (Å²) in [5.41, 5.74) is 5.96. The molecule has 1 unspecified atom stereocenters. The van der Waals surface area contributed by atoms with Gasteiger partial charge in [-0.05, 0) is 29.8 Å². The number of aromatic hydroxyl groups is 1. The van der Waals surface area contributed by atoms with Crippen LogP contribution in [-0.2, 0) is 17.0 Å². The number of carbonyl (C=O) groups is 1. The van der Waals surface area contributed by atoms with Gasteiger partial charge in [0.15, 0.2) is 5.96 Å². The number of phenolic OH excluding ortho intramolecular Hbond substituents is 1. The number of halogens is 1. The number of alkyl halides is 1. The van der Waals surface area contributed by atoms with Gasteiger partial charge in [-0.15, -0.1) is 0 Å². The van der Waals surface area contributed by atoms with Crippen molar-refractivity contribution in [3.05, 3.63) is 71.9 Å². The number of hydrogen-bond acceptors (Lipinski definition) is 7. The maximum absolute atomic E-state index is 13.3. The van der Waals surface area contributed by atoms with E-state index in [0.29, 0.717) is 16.8 Å². The van der Waals surface area contributed by atoms with Crippen molar-refractivity contribution in [2.75, 3.05) is 7.05 Å². The predicted octanol–water partition coefficient (Wildman–Crippen LogP) is 1.74. The molecule has 0 saturated heterocycles. The molecule has 1 aliphatic rings. The van der Waals surface area contributed by atoms with E-state index in [2.05, 4.69) is 19.9 Å². The number of aromatic nitrogens is 3. The van der Waals surface area contributed by atoms with Crippen molar-refractivity contribution in [1.82, 2.24) is 19.9 Å². The smallest absolute Gasteiger partial charge is 0.267 e. The Hall–Kier alpha value is -3.88. The maximum Gasteiger partial charge on any atom is 0.267 e. The number of pyridine rings is 1. The number of nitrogens with two attached hydrogens (primary N) is 1. The molecule has 146 valence electrons. The van der Waals surface area contributed by atoms with Gasteiger partial charge >= 0.3 is 0 Å². The lowest BCUT2D eigenvalue weighted by atomic mass is 9.84. The lowest BCUT2D eigenvalue weighted by Crippen LogP contribution is -2.41. The molecular weight excluding hydrogens is 375 g/mol. The van der Waals surface area contributed by atoms with Crippen LogP contribution >= 0.6 is 0 Å². The molecule has 1 amide bonds. The van der Waals surface area contributed by atoms with Crippen molar-refractivity contribution in [3.8, 4) is 17.0 Å². The van der Waals surface area contributed by atoms with E-state index in [1.807, 2.05) is 0 Å². The number of aliphatic imine (C=N–C) groups is 1. The first kappa shape index (κ1) is 18.5. The monoisotopic (exact) mass is 392 g/mol. The van der Waals surface area contributed by atoms with Gasteiger partial charge in [-0.1, -0.05) is 12.1 Å². The molecule has 0 radical (unpaired) electrons. The third-order valence-electron chi connectivity index (χ3n) is 4.81. The minimum absolute atomic E-state index is 0.0107. The summed E-state index contributed by atoms with van der Waals surface area (Å²) in [6, 6.07) is 9.33. The summed E-state index contributed by atoms with van der Waals surface area (Å²) in [6.07, 6.45) is 4.50. The van der Waals surface area contributed by atoms with E-state index in [9.17, 15) is 14.3 Å². The summed E-state index contributed by atoms with van der Waals surface area (Å²) in [6.45, 7) is -0.784. The SMILES string of the molecule is CN1C(=O)C(c2ccc(O)c(-c3cnccn3)c2)(c2cccc(CF)n2)N=C1N. The average molecular weight is 392 g/mol. The first-order valence-electron chi connectivity index (χ1n) is 8.73. The van der Waals surface area contributed by atoms with Gasteiger partial charge in [-0.2, -0.15) is 0 Å². The predicted molar refractivity (Wildman–Crippen MR) is 103 cm³/mol. The molecule has 29 heavy (non-hydrogen) atoms. The lowest BCUT2D eigenvalue weighted by molar-refractivity contribution is -0.129. The van der Waals surface area contributed by atoms with Gasteiger partial charge in [-0.3, -0.25) is 24.6 Å². The Bertz CT molecular complexity index is 1120. The van der Waals surface area contributed by atoms with Gasteiger partial charge in [-0.25, -0.2) is 9.38 Å². The molecule has 1 aromatic carbocycles. The standard InChI is InChI=1S/C20H17FN6O2/c1-27-18(29)20(26-19(27)22,17-4-2-3-13(10-21)25-17)12-5-6-16(28)14(9-12)15-11-23-7-8-24-15/h2-9,11,28H,10H2,1H3,(H2,22,26). The number of phenols is 1. The van der Waals surface area contributed by atoms with E-state index >= 15 is 0 Å². The van der Waals surface area contributed by atoms with Crippen LogP contribution < -0.4 is 5.73 Å². The molecule has 8 nitrogen and oxygen atoms in total. The first-order valence-corrected chi connectivity index (χ1v) is 8.73. The zero-order chi connectivity index (χ0) is 20.6. The van der Waals surface area contributed by atoms with Gasteiger partial charge in [0, 0.05) is 25.0 Å². The molecule has 4 rings (SSSR count). The number of benzene rings is 1. The van der Waals surface area contributed by atoms with Crippen molar-refractivity contribution >= 4 is 11.9 Å². The van der Waals surface area contributed by atoms with Crippen LogP contribution in [0.1, 0.15) is 17.0 Å². The van der Waals surface area contributed by atoms with Crippen LogP contribution in [-0.4, -0.2) is 43.9 Å². The molecular formula is C20H17FN6O2. The molecule has 0 fully saturated rings. The second kappa shape index (κ2) is 6.93. The Balaban J connectivity index is 1.98. The molecule has 0 spiro atoms. The summed E-state index contributed by atoms with van der Waals surface area (Å²) in [5, 5.41) is 10.3. The van der Waals surface area contributed by atoms with Gasteiger partial charge < -0.3 is 10.8 Å². The van der Waals surface area contributed by atoms with Crippen LogP contribution in [0.15, 0.2) is 60.0 Å². The van der Waals surface area contributed by atoms with Crippen molar-refractivity contribution < 1.29 is 14.3 Å². The highest BCUT2D eigenvalue weighted by molar-refractivity contribution is 6.08. The van der Waals surface area contributed by atoms with Crippen LogP contribution in [0, 0.1) is 0 Å². The fourth-order valence-electron chi connectivity index (χ4n) is 3.30. The highest BCUT2D eigenvalue weighted by Crippen LogP contribution is 2.41. The number of rotatable bonds is 4. The van der Waals surface area contributed by atoms with E-state index < -0.39 is 18.1 Å². The van der Waals surface area contributed by atoms with Gasteiger partial charge in [0.1, 0.15) is 12.4 Å². The highest BCUT2D eigenvalue weighted by atomic mass is 19.1. The summed E-state index contributed by atoms with van der Waals surface area (Å²) in [5.74, 6) is -0.462. The first-order chi connectivity index (χ1) is 14.0. The molecule has 3 aromatic rings. The Morgan fingerprint density at radius 1 is 1.24 bits per heavy atom. The van der Waals surface area contributed by atoms with E-state index in [4.69, 9.17) is 5.73 Å². The molecule has 1 aliphatic heterocycles. The topological polar surface area (TPSA) is 118 Å². The minimum Gasteiger partial charge on any atom is -0.507 e. The fraction of sp³-hybridized carbons (Fsp3) is 0.150. The quantitative estimate of drug-likeness (QED) is 0.698. The zero-order valence-electron chi connectivity index (χ0n) is 15.5. The zero-order valence-corrected chi connectivity index (χ0v) is 15.5. The normalized spacial score (nSPS) is 18.8. The Labute approximate surface area is 165 Å². The number of amides is 1. The third kappa shape index (κ3) is 2.87. The second-order valence-electron chi connectivity index (χ2n) is 6.51. The van der Waals surface area contributed by atoms with Crippen LogP contribution in [0.3, 0.4) is 0 Å². The molecule has 0 bridgehead atoms. The molecule has 0 aliphatic carbocycles. The largest absolute Gasteiger partial charge is 0.507 e.